The van der Waals surface area contributed by atoms with Crippen molar-refractivity contribution in [2.75, 3.05) is 5.32 Å². The second-order valence-electron chi connectivity index (χ2n) is 5.88. The molecule has 1 aliphatic rings. The van der Waals surface area contributed by atoms with Crippen LogP contribution in [0.1, 0.15) is 34.9 Å². The summed E-state index contributed by atoms with van der Waals surface area (Å²) in [4.78, 5) is 35.5. The highest BCUT2D eigenvalue weighted by Crippen LogP contribution is 2.36. The largest absolute Gasteiger partial charge is 0.550 e. The van der Waals surface area contributed by atoms with Gasteiger partial charge in [0, 0.05) is 28.7 Å². The summed E-state index contributed by atoms with van der Waals surface area (Å²) >= 11 is 6.01. The third kappa shape index (κ3) is 3.95. The van der Waals surface area contributed by atoms with Gasteiger partial charge < -0.3 is 20.3 Å². The lowest BCUT2D eigenvalue weighted by molar-refractivity contribution is -0.305. The first-order valence-electron chi connectivity index (χ1n) is 8.03. The summed E-state index contributed by atoms with van der Waals surface area (Å²) in [5.74, 6) is -2.70. The highest BCUT2D eigenvalue weighted by molar-refractivity contribution is 6.30. The number of phenols is 1. The summed E-state index contributed by atoms with van der Waals surface area (Å²) in [7, 11) is 0. The van der Waals surface area contributed by atoms with Crippen molar-refractivity contribution in [3.63, 3.8) is 0 Å². The molecule has 0 radical (unpaired) electrons. The average molecular weight is 389 g/mol. The van der Waals surface area contributed by atoms with Crippen LogP contribution in [0.3, 0.4) is 0 Å². The number of carbonyl (C=O) groups is 3. The Hall–Kier alpha value is -3.26. The van der Waals surface area contributed by atoms with Crippen LogP contribution in [-0.4, -0.2) is 27.9 Å². The Morgan fingerprint density at radius 1 is 1.22 bits per heavy atom. The molecule has 8 nitrogen and oxygen atoms in total. The third-order valence-corrected chi connectivity index (χ3v) is 4.25. The standard InChI is InChI=1S/C18H16ClN3O5/c19-10-5-6-14(23)12(9-10)17-20-13-4-2-1-3-11(13)18(27)22(17)21-15(24)7-8-16(25)26/h1-6,9,17,20,23H,7-8H2,(H,21,24)(H,25,26)/p-1/t17-/m0/s1. The van der Waals surface area contributed by atoms with Gasteiger partial charge in [-0.25, -0.2) is 5.01 Å². The second kappa shape index (κ2) is 7.55. The van der Waals surface area contributed by atoms with Gasteiger partial charge in [-0.2, -0.15) is 0 Å². The van der Waals surface area contributed by atoms with E-state index in [0.717, 1.165) is 5.01 Å². The molecule has 3 rings (SSSR count). The fourth-order valence-corrected chi connectivity index (χ4v) is 2.92. The number of hydrogen-bond donors (Lipinski definition) is 3. The minimum Gasteiger partial charge on any atom is -0.550 e. The van der Waals surface area contributed by atoms with Gasteiger partial charge in [0.05, 0.1) is 5.56 Å². The molecule has 1 atom stereocenters. The highest BCUT2D eigenvalue weighted by atomic mass is 35.5. The predicted octanol–water partition coefficient (Wildman–Crippen LogP) is 1.17. The van der Waals surface area contributed by atoms with Crippen LogP contribution >= 0.6 is 11.6 Å². The van der Waals surface area contributed by atoms with E-state index in [1.54, 1.807) is 24.3 Å². The minimum absolute atomic E-state index is 0.127. The van der Waals surface area contributed by atoms with E-state index < -0.39 is 30.4 Å². The summed E-state index contributed by atoms with van der Waals surface area (Å²) in [6, 6.07) is 11.0. The molecule has 3 N–H and O–H groups in total. The molecule has 9 heteroatoms. The molecule has 0 spiro atoms. The Balaban J connectivity index is 1.97. The number of aliphatic carboxylic acids is 1. The number of anilines is 1. The number of fused-ring (bicyclic) bond motifs is 1. The Morgan fingerprint density at radius 2 is 1.96 bits per heavy atom. The molecule has 0 saturated heterocycles. The monoisotopic (exact) mass is 388 g/mol. The molecule has 2 aromatic carbocycles. The van der Waals surface area contributed by atoms with E-state index in [-0.39, 0.29) is 17.7 Å². The first-order valence-corrected chi connectivity index (χ1v) is 8.41. The maximum absolute atomic E-state index is 12.9. The molecule has 1 heterocycles. The number of carbonyl (C=O) groups excluding carboxylic acids is 3. The first-order chi connectivity index (χ1) is 12.9. The molecule has 140 valence electrons. The van der Waals surface area contributed by atoms with Crippen LogP contribution in [-0.2, 0) is 9.59 Å². The lowest BCUT2D eigenvalue weighted by atomic mass is 10.0. The maximum atomic E-state index is 12.9. The van der Waals surface area contributed by atoms with Crippen molar-refractivity contribution in [3.8, 4) is 5.75 Å². The number of rotatable bonds is 5. The molecule has 1 aliphatic heterocycles. The fraction of sp³-hybridized carbons (Fsp3) is 0.167. The van der Waals surface area contributed by atoms with Crippen molar-refractivity contribution in [2.24, 2.45) is 0 Å². The molecule has 0 aromatic heterocycles. The van der Waals surface area contributed by atoms with Crippen molar-refractivity contribution in [1.29, 1.82) is 0 Å². The van der Waals surface area contributed by atoms with Crippen LogP contribution in [0.4, 0.5) is 5.69 Å². The van der Waals surface area contributed by atoms with E-state index in [0.29, 0.717) is 16.3 Å². The number of hydrazine groups is 1. The van der Waals surface area contributed by atoms with Gasteiger partial charge in [-0.3, -0.25) is 15.0 Å². The number of nitrogens with one attached hydrogen (secondary N) is 2. The molecule has 2 amide bonds. The van der Waals surface area contributed by atoms with E-state index in [1.165, 1.54) is 18.2 Å². The van der Waals surface area contributed by atoms with Gasteiger partial charge in [0.2, 0.25) is 5.91 Å². The quantitative estimate of drug-likeness (QED) is 0.706. The highest BCUT2D eigenvalue weighted by Gasteiger charge is 2.35. The fourth-order valence-electron chi connectivity index (χ4n) is 2.74. The van der Waals surface area contributed by atoms with Crippen molar-refractivity contribution in [3.05, 3.63) is 58.6 Å². The van der Waals surface area contributed by atoms with E-state index >= 15 is 0 Å². The van der Waals surface area contributed by atoms with Crippen LogP contribution in [0.5, 0.6) is 5.75 Å². The Kier molecular flexibility index (Phi) is 5.18. The van der Waals surface area contributed by atoms with Gasteiger partial charge in [-0.05, 0) is 36.8 Å². The zero-order valence-corrected chi connectivity index (χ0v) is 14.7. The van der Waals surface area contributed by atoms with Crippen molar-refractivity contribution in [1.82, 2.24) is 10.4 Å². The first kappa shape index (κ1) is 18.5. The van der Waals surface area contributed by atoms with Crippen LogP contribution in [0.15, 0.2) is 42.5 Å². The van der Waals surface area contributed by atoms with E-state index in [1.807, 2.05) is 0 Å². The van der Waals surface area contributed by atoms with E-state index in [2.05, 4.69) is 10.7 Å². The normalized spacial score (nSPS) is 15.7. The summed E-state index contributed by atoms with van der Waals surface area (Å²) in [5.41, 5.74) is 3.50. The molecule has 0 aliphatic carbocycles. The van der Waals surface area contributed by atoms with E-state index in [9.17, 15) is 24.6 Å². The molecule has 0 saturated carbocycles. The number of nitrogens with zero attached hydrogens (tertiary/aromatic N) is 1. The summed E-state index contributed by atoms with van der Waals surface area (Å²) < 4.78 is 0. The number of benzene rings is 2. The van der Waals surface area contributed by atoms with Crippen molar-refractivity contribution in [2.45, 2.75) is 19.0 Å². The minimum atomic E-state index is -1.37. The Labute approximate surface area is 159 Å². The molecule has 27 heavy (non-hydrogen) atoms. The van der Waals surface area contributed by atoms with Crippen LogP contribution in [0.2, 0.25) is 5.02 Å². The number of para-hydroxylation sites is 1. The van der Waals surface area contributed by atoms with Crippen molar-refractivity contribution < 1.29 is 24.6 Å². The molecule has 0 bridgehead atoms. The van der Waals surface area contributed by atoms with Gasteiger partial charge in [0.1, 0.15) is 5.75 Å². The van der Waals surface area contributed by atoms with Gasteiger partial charge in [-0.15, -0.1) is 0 Å². The lowest BCUT2D eigenvalue weighted by Gasteiger charge is -2.38. The molecular formula is C18H15ClN3O5-. The van der Waals surface area contributed by atoms with Crippen LogP contribution in [0.25, 0.3) is 0 Å². The zero-order valence-electron chi connectivity index (χ0n) is 13.9. The number of phenolic OH excluding ortho intramolecular Hbond substituents is 1. The summed E-state index contributed by atoms with van der Waals surface area (Å²) in [6.07, 6.45) is -1.79. The average Bonchev–Trinajstić information content (AvgIpc) is 2.64. The lowest BCUT2D eigenvalue weighted by Crippen LogP contribution is -2.53. The summed E-state index contributed by atoms with van der Waals surface area (Å²) in [6.45, 7) is 0. The number of aromatic hydroxyl groups is 1. The Bertz CT molecular complexity index is 918. The van der Waals surface area contributed by atoms with Gasteiger partial charge in [-0.1, -0.05) is 23.7 Å². The van der Waals surface area contributed by atoms with Gasteiger partial charge in [0.15, 0.2) is 6.17 Å². The third-order valence-electron chi connectivity index (χ3n) is 4.01. The number of hydrogen-bond acceptors (Lipinski definition) is 6. The molecule has 2 aromatic rings. The number of carboxylic acids is 1. The zero-order chi connectivity index (χ0) is 19.6. The SMILES string of the molecule is O=C([O-])CCC(=O)NN1C(=O)c2ccccc2N[C@@H]1c1cc(Cl)ccc1O. The molecule has 0 fully saturated rings. The van der Waals surface area contributed by atoms with E-state index in [4.69, 9.17) is 11.6 Å². The smallest absolute Gasteiger partial charge is 0.276 e. The summed E-state index contributed by atoms with van der Waals surface area (Å²) in [5, 5.41) is 25.2. The number of halogens is 1. The van der Waals surface area contributed by atoms with Crippen molar-refractivity contribution >= 4 is 35.1 Å². The van der Waals surface area contributed by atoms with Crippen LogP contribution < -0.4 is 15.8 Å². The topological polar surface area (TPSA) is 122 Å². The number of carboxylic acid groups (broad SMARTS) is 1. The van der Waals surface area contributed by atoms with Crippen LogP contribution in [0, 0.1) is 0 Å². The molecular weight excluding hydrogens is 374 g/mol. The van der Waals surface area contributed by atoms with Gasteiger partial charge in [0.25, 0.3) is 5.91 Å². The maximum Gasteiger partial charge on any atom is 0.276 e. The molecule has 0 unspecified atom stereocenters. The number of amides is 2. The Morgan fingerprint density at radius 3 is 2.70 bits per heavy atom. The second-order valence-corrected chi connectivity index (χ2v) is 6.31. The predicted molar refractivity (Wildman–Crippen MR) is 94.5 cm³/mol. The van der Waals surface area contributed by atoms with Gasteiger partial charge >= 0.3 is 0 Å².